The van der Waals surface area contributed by atoms with Crippen molar-refractivity contribution in [2.45, 2.75) is 6.54 Å². The van der Waals surface area contributed by atoms with Gasteiger partial charge in [-0.15, -0.1) is 0 Å². The van der Waals surface area contributed by atoms with Gasteiger partial charge in [0, 0.05) is 24.7 Å². The van der Waals surface area contributed by atoms with Crippen LogP contribution in [0, 0.1) is 0 Å². The number of carboxylic acid groups (broad SMARTS) is 1. The molecule has 1 aliphatic heterocycles. The lowest BCUT2D eigenvalue weighted by Crippen LogP contribution is -2.54. The lowest BCUT2D eigenvalue weighted by molar-refractivity contribution is -0.159. The molecule has 0 spiro atoms. The smallest absolute Gasteiger partial charge is 0.323 e. The van der Waals surface area contributed by atoms with E-state index in [0.717, 1.165) is 10.5 Å². The number of nitrogens with zero attached hydrogens (tertiary/aromatic N) is 2. The molecule has 0 aromatic heterocycles. The molecule has 0 bridgehead atoms. The molecule has 7 heteroatoms. The highest BCUT2D eigenvalue weighted by Gasteiger charge is 2.33. The number of carbonyl (C=O) groups is 3. The van der Waals surface area contributed by atoms with E-state index in [1.807, 2.05) is 6.07 Å². The van der Waals surface area contributed by atoms with E-state index in [1.54, 1.807) is 18.2 Å². The Balaban J connectivity index is 2.04. The Morgan fingerprint density at radius 3 is 2.50 bits per heavy atom. The minimum atomic E-state index is -1.13. The molecule has 0 atom stereocenters. The van der Waals surface area contributed by atoms with Gasteiger partial charge in [-0.2, -0.15) is 0 Å². The quantitative estimate of drug-likeness (QED) is 0.825. The van der Waals surface area contributed by atoms with Crippen LogP contribution >= 0.6 is 11.6 Å². The standard InChI is InChI=1S/C13H13ClN2O4/c14-10-3-1-2-9(6-10)7-15-4-5-16(8-11(17)18)13(20)12(15)19/h1-3,6H,4-5,7-8H2,(H,17,18). The van der Waals surface area contributed by atoms with Crippen molar-refractivity contribution >= 4 is 29.4 Å². The Hall–Kier alpha value is -2.08. The van der Waals surface area contributed by atoms with Crippen molar-refractivity contribution in [2.24, 2.45) is 0 Å². The van der Waals surface area contributed by atoms with Gasteiger partial charge in [0.05, 0.1) is 0 Å². The van der Waals surface area contributed by atoms with Gasteiger partial charge in [-0.25, -0.2) is 0 Å². The predicted octanol–water partition coefficient (Wildman–Crippen LogP) is 0.595. The zero-order valence-electron chi connectivity index (χ0n) is 10.6. The maximum absolute atomic E-state index is 11.9. The second-order valence-electron chi connectivity index (χ2n) is 4.48. The summed E-state index contributed by atoms with van der Waals surface area (Å²) in [7, 11) is 0. The molecule has 0 aliphatic carbocycles. The summed E-state index contributed by atoms with van der Waals surface area (Å²) in [5.74, 6) is -2.59. The summed E-state index contributed by atoms with van der Waals surface area (Å²) in [6.45, 7) is 0.365. The highest BCUT2D eigenvalue weighted by molar-refractivity contribution is 6.35. The van der Waals surface area contributed by atoms with Crippen LogP contribution in [0.1, 0.15) is 5.56 Å². The van der Waals surface area contributed by atoms with Crippen molar-refractivity contribution in [1.29, 1.82) is 0 Å². The second-order valence-corrected chi connectivity index (χ2v) is 4.91. The molecule has 0 saturated carbocycles. The first-order valence-corrected chi connectivity index (χ1v) is 6.39. The molecule has 1 aromatic rings. The Morgan fingerprint density at radius 1 is 1.20 bits per heavy atom. The molecular weight excluding hydrogens is 284 g/mol. The van der Waals surface area contributed by atoms with Crippen molar-refractivity contribution in [3.8, 4) is 0 Å². The molecule has 106 valence electrons. The number of carbonyl (C=O) groups excluding carboxylic acids is 2. The monoisotopic (exact) mass is 296 g/mol. The van der Waals surface area contributed by atoms with E-state index in [2.05, 4.69) is 0 Å². The van der Waals surface area contributed by atoms with Crippen molar-refractivity contribution in [3.05, 3.63) is 34.9 Å². The molecule has 2 amide bonds. The fourth-order valence-corrected chi connectivity index (χ4v) is 2.25. The van der Waals surface area contributed by atoms with Crippen molar-refractivity contribution in [2.75, 3.05) is 19.6 Å². The first-order valence-electron chi connectivity index (χ1n) is 6.02. The molecule has 1 aliphatic rings. The first-order chi connectivity index (χ1) is 9.47. The Kier molecular flexibility index (Phi) is 4.24. The fraction of sp³-hybridized carbons (Fsp3) is 0.308. The zero-order chi connectivity index (χ0) is 14.7. The van der Waals surface area contributed by atoms with E-state index in [-0.39, 0.29) is 13.1 Å². The zero-order valence-corrected chi connectivity index (χ0v) is 11.3. The maximum Gasteiger partial charge on any atom is 0.323 e. The van der Waals surface area contributed by atoms with Crippen LogP contribution in [0.15, 0.2) is 24.3 Å². The van der Waals surface area contributed by atoms with Gasteiger partial charge in [-0.05, 0) is 17.7 Å². The van der Waals surface area contributed by atoms with Crippen molar-refractivity contribution < 1.29 is 19.5 Å². The van der Waals surface area contributed by atoms with Crippen molar-refractivity contribution in [3.63, 3.8) is 0 Å². The normalized spacial score (nSPS) is 15.7. The second kappa shape index (κ2) is 5.92. The molecule has 6 nitrogen and oxygen atoms in total. The minimum Gasteiger partial charge on any atom is -0.480 e. The third-order valence-corrected chi connectivity index (χ3v) is 3.22. The van der Waals surface area contributed by atoms with Crippen LogP contribution in [0.5, 0.6) is 0 Å². The summed E-state index contributed by atoms with van der Waals surface area (Å²) in [5.41, 5.74) is 0.824. The van der Waals surface area contributed by atoms with Crippen LogP contribution in [0.25, 0.3) is 0 Å². The number of hydrogen-bond acceptors (Lipinski definition) is 3. The highest BCUT2D eigenvalue weighted by atomic mass is 35.5. The number of halogens is 1. The molecule has 0 unspecified atom stereocenters. The Labute approximate surface area is 120 Å². The van der Waals surface area contributed by atoms with Gasteiger partial charge < -0.3 is 14.9 Å². The molecule has 1 saturated heterocycles. The van der Waals surface area contributed by atoms with E-state index in [0.29, 0.717) is 11.6 Å². The molecular formula is C13H13ClN2O4. The number of hydrogen-bond donors (Lipinski definition) is 1. The van der Waals surface area contributed by atoms with Gasteiger partial charge in [0.1, 0.15) is 6.54 Å². The lowest BCUT2D eigenvalue weighted by atomic mass is 10.2. The van der Waals surface area contributed by atoms with Crippen LogP contribution in [-0.2, 0) is 20.9 Å². The third-order valence-electron chi connectivity index (χ3n) is 2.99. The minimum absolute atomic E-state index is 0.220. The number of rotatable bonds is 4. The van der Waals surface area contributed by atoms with E-state index < -0.39 is 24.3 Å². The summed E-state index contributed by atoms with van der Waals surface area (Å²) in [6, 6.07) is 7.03. The average molecular weight is 297 g/mol. The molecule has 1 N–H and O–H groups in total. The topological polar surface area (TPSA) is 77.9 Å². The fourth-order valence-electron chi connectivity index (χ4n) is 2.04. The van der Waals surface area contributed by atoms with E-state index in [9.17, 15) is 14.4 Å². The summed E-state index contributed by atoms with van der Waals surface area (Å²) < 4.78 is 0. The molecule has 1 fully saturated rings. The van der Waals surface area contributed by atoms with E-state index >= 15 is 0 Å². The Bertz CT molecular complexity index is 561. The molecule has 0 radical (unpaired) electrons. The van der Waals surface area contributed by atoms with Gasteiger partial charge in [-0.3, -0.25) is 14.4 Å². The van der Waals surface area contributed by atoms with Crippen molar-refractivity contribution in [1.82, 2.24) is 9.80 Å². The first kappa shape index (κ1) is 14.3. The van der Waals surface area contributed by atoms with E-state index in [4.69, 9.17) is 16.7 Å². The maximum atomic E-state index is 11.9. The molecule has 1 aromatic carbocycles. The van der Waals surface area contributed by atoms with Gasteiger partial charge in [0.25, 0.3) is 0 Å². The van der Waals surface area contributed by atoms with Crippen LogP contribution in [-0.4, -0.2) is 52.3 Å². The van der Waals surface area contributed by atoms with Crippen LogP contribution in [0.2, 0.25) is 5.02 Å². The number of piperazine rings is 1. The van der Waals surface area contributed by atoms with E-state index in [1.165, 1.54) is 4.90 Å². The largest absolute Gasteiger partial charge is 0.480 e. The summed E-state index contributed by atoms with van der Waals surface area (Å²) in [5, 5.41) is 9.23. The number of amides is 2. The summed E-state index contributed by atoms with van der Waals surface area (Å²) in [6.07, 6.45) is 0. The highest BCUT2D eigenvalue weighted by Crippen LogP contribution is 2.14. The van der Waals surface area contributed by atoms with Crippen LogP contribution < -0.4 is 0 Å². The summed E-state index contributed by atoms with van der Waals surface area (Å²) >= 11 is 5.86. The lowest BCUT2D eigenvalue weighted by Gasteiger charge is -2.32. The predicted molar refractivity (Wildman–Crippen MR) is 71.1 cm³/mol. The van der Waals surface area contributed by atoms with Gasteiger partial charge in [0.2, 0.25) is 0 Å². The van der Waals surface area contributed by atoms with Crippen LogP contribution in [0.4, 0.5) is 0 Å². The molecule has 2 rings (SSSR count). The number of benzene rings is 1. The van der Waals surface area contributed by atoms with Gasteiger partial charge in [-0.1, -0.05) is 23.7 Å². The Morgan fingerprint density at radius 2 is 1.85 bits per heavy atom. The SMILES string of the molecule is O=C(O)CN1CCN(Cc2cccc(Cl)c2)C(=O)C1=O. The average Bonchev–Trinajstić information content (AvgIpc) is 2.38. The number of aliphatic carboxylic acids is 1. The summed E-state index contributed by atoms with van der Waals surface area (Å²) in [4.78, 5) is 36.7. The molecule has 20 heavy (non-hydrogen) atoms. The third kappa shape index (κ3) is 3.27. The molecule has 1 heterocycles. The van der Waals surface area contributed by atoms with Crippen LogP contribution in [0.3, 0.4) is 0 Å². The number of carboxylic acids is 1. The van der Waals surface area contributed by atoms with Gasteiger partial charge in [0.15, 0.2) is 0 Å². The van der Waals surface area contributed by atoms with Gasteiger partial charge >= 0.3 is 17.8 Å².